The Morgan fingerprint density at radius 1 is 1.06 bits per heavy atom. The fourth-order valence-corrected chi connectivity index (χ4v) is 1.42. The molecule has 0 radical (unpaired) electrons. The summed E-state index contributed by atoms with van der Waals surface area (Å²) in [6, 6.07) is 3.35. The van der Waals surface area contributed by atoms with Crippen molar-refractivity contribution in [2.75, 3.05) is 0 Å². The molecule has 4 nitrogen and oxygen atoms in total. The van der Waals surface area contributed by atoms with Crippen LogP contribution in [0.25, 0.3) is 0 Å². The normalized spacial score (nSPS) is 12.5. The predicted octanol–water partition coefficient (Wildman–Crippen LogP) is 3.99. The molecule has 0 N–H and O–H groups in total. The van der Waals surface area contributed by atoms with E-state index >= 15 is 0 Å². The van der Waals surface area contributed by atoms with Crippen molar-refractivity contribution in [2.45, 2.75) is 6.18 Å². The van der Waals surface area contributed by atoms with E-state index in [4.69, 9.17) is 0 Å². The first-order valence-corrected chi connectivity index (χ1v) is 5.35. The highest BCUT2D eigenvalue weighted by molar-refractivity contribution is 7.48. The van der Waals surface area contributed by atoms with Crippen molar-refractivity contribution in [1.29, 1.82) is 0 Å². The number of rotatable bonds is 4. The van der Waals surface area contributed by atoms with Gasteiger partial charge in [0.05, 0.1) is 5.56 Å². The highest BCUT2D eigenvalue weighted by Crippen LogP contribution is 2.52. The standard InChI is InChI=1S/C7H4F5O4P/c8-7(9,10)5-3-1-2-4-6(5)14-17(13,15-11)16-12/h1-4H. The molecule has 0 bridgehead atoms. The molecule has 1 aromatic rings. The number of alkyl halides is 3. The highest BCUT2D eigenvalue weighted by atomic mass is 31.2. The summed E-state index contributed by atoms with van der Waals surface area (Å²) in [4.78, 5) is 0. The van der Waals surface area contributed by atoms with Gasteiger partial charge >= 0.3 is 14.0 Å². The molecule has 0 aliphatic carbocycles. The van der Waals surface area contributed by atoms with Crippen molar-refractivity contribution in [3.05, 3.63) is 29.8 Å². The predicted molar refractivity (Wildman–Crippen MR) is 44.1 cm³/mol. The summed E-state index contributed by atoms with van der Waals surface area (Å²) in [6.45, 7) is 0. The molecule has 0 fully saturated rings. The van der Waals surface area contributed by atoms with Crippen molar-refractivity contribution in [3.63, 3.8) is 0 Å². The summed E-state index contributed by atoms with van der Waals surface area (Å²) in [6.07, 6.45) is -4.85. The molecule has 10 heteroatoms. The molecule has 17 heavy (non-hydrogen) atoms. The highest BCUT2D eigenvalue weighted by Gasteiger charge is 2.39. The summed E-state index contributed by atoms with van der Waals surface area (Å²) < 4.78 is 80.2. The van der Waals surface area contributed by atoms with E-state index in [1.807, 2.05) is 0 Å². The average Bonchev–Trinajstić information content (AvgIpc) is 2.28. The van der Waals surface area contributed by atoms with E-state index in [1.165, 1.54) is 0 Å². The van der Waals surface area contributed by atoms with E-state index in [-0.39, 0.29) is 0 Å². The Kier molecular flexibility index (Phi) is 4.07. The van der Waals surface area contributed by atoms with Crippen LogP contribution in [0.15, 0.2) is 24.3 Å². The molecule has 0 unspecified atom stereocenters. The van der Waals surface area contributed by atoms with Crippen LogP contribution < -0.4 is 4.52 Å². The number of hydrogen-bond acceptors (Lipinski definition) is 4. The Morgan fingerprint density at radius 3 is 2.06 bits per heavy atom. The summed E-state index contributed by atoms with van der Waals surface area (Å²) in [5.74, 6) is -1.08. The molecule has 1 rings (SSSR count). The Morgan fingerprint density at radius 2 is 1.59 bits per heavy atom. The fraction of sp³-hybridized carbons (Fsp3) is 0.143. The fourth-order valence-electron chi connectivity index (χ4n) is 0.940. The summed E-state index contributed by atoms with van der Waals surface area (Å²) in [5.41, 5.74) is -1.38. The molecule has 0 aromatic heterocycles. The maximum atomic E-state index is 12.4. The first-order valence-electron chi connectivity index (χ1n) is 3.89. The Balaban J connectivity index is 3.12. The van der Waals surface area contributed by atoms with Crippen LogP contribution in [0.5, 0.6) is 5.75 Å². The third kappa shape index (κ3) is 3.39. The second-order valence-corrected chi connectivity index (χ2v) is 4.02. The van der Waals surface area contributed by atoms with Gasteiger partial charge in [-0.1, -0.05) is 21.6 Å². The number of halogens is 5. The number of para-hydroxylation sites is 1. The molecule has 0 atom stereocenters. The smallest absolute Gasteiger partial charge is 0.400 e. The van der Waals surface area contributed by atoms with Gasteiger partial charge in [0.15, 0.2) is 0 Å². The van der Waals surface area contributed by atoms with E-state index < -0.39 is 25.3 Å². The third-order valence-electron chi connectivity index (χ3n) is 1.57. The van der Waals surface area contributed by atoms with Gasteiger partial charge in [0.25, 0.3) is 0 Å². The lowest BCUT2D eigenvalue weighted by molar-refractivity contribution is -0.139. The van der Waals surface area contributed by atoms with E-state index in [1.54, 1.807) is 0 Å². The topological polar surface area (TPSA) is 44.8 Å². The largest absolute Gasteiger partial charge is 0.593 e. The quantitative estimate of drug-likeness (QED) is 0.617. The molecule has 96 valence electrons. The van der Waals surface area contributed by atoms with Crippen LogP contribution in [-0.2, 0) is 20.2 Å². The van der Waals surface area contributed by atoms with Crippen molar-refractivity contribution in [3.8, 4) is 5.75 Å². The summed E-state index contributed by atoms with van der Waals surface area (Å²) in [5, 5.41) is 0. The zero-order valence-electron chi connectivity index (χ0n) is 7.78. The Labute approximate surface area is 91.3 Å². The van der Waals surface area contributed by atoms with E-state index in [9.17, 15) is 26.8 Å². The Hall–Kier alpha value is -1.18. The van der Waals surface area contributed by atoms with Gasteiger partial charge in [0.2, 0.25) is 0 Å². The number of benzene rings is 1. The maximum absolute atomic E-state index is 12.4. The first-order chi connectivity index (χ1) is 7.82. The SMILES string of the molecule is O=P(OF)(OF)Oc1ccccc1C(F)(F)F. The maximum Gasteiger partial charge on any atom is 0.593 e. The lowest BCUT2D eigenvalue weighted by Gasteiger charge is -2.14. The number of hydrogen-bond donors (Lipinski definition) is 0. The van der Waals surface area contributed by atoms with Crippen molar-refractivity contribution < 1.29 is 40.8 Å². The van der Waals surface area contributed by atoms with Crippen LogP contribution in [0.2, 0.25) is 0 Å². The average molecular weight is 278 g/mol. The van der Waals surface area contributed by atoms with Gasteiger partial charge in [0.1, 0.15) is 5.75 Å². The van der Waals surface area contributed by atoms with Crippen LogP contribution in [0.3, 0.4) is 0 Å². The minimum atomic E-state index is -5.33. The van der Waals surface area contributed by atoms with Crippen molar-refractivity contribution >= 4 is 7.82 Å². The zero-order valence-corrected chi connectivity index (χ0v) is 8.67. The van der Waals surface area contributed by atoms with Crippen LogP contribution in [0.1, 0.15) is 5.56 Å². The van der Waals surface area contributed by atoms with Crippen LogP contribution >= 0.6 is 7.82 Å². The second-order valence-electron chi connectivity index (χ2n) is 2.67. The minimum absolute atomic E-state index is 0.566. The van der Waals surface area contributed by atoms with E-state index in [0.29, 0.717) is 12.1 Å². The van der Waals surface area contributed by atoms with Crippen LogP contribution in [0.4, 0.5) is 22.2 Å². The molecular weight excluding hydrogens is 274 g/mol. The molecule has 0 saturated carbocycles. The summed E-state index contributed by atoms with van der Waals surface area (Å²) >= 11 is 0. The lowest BCUT2D eigenvalue weighted by Crippen LogP contribution is -2.08. The van der Waals surface area contributed by atoms with Crippen LogP contribution in [-0.4, -0.2) is 0 Å². The van der Waals surface area contributed by atoms with E-state index in [0.717, 1.165) is 12.1 Å². The molecule has 0 spiro atoms. The number of phosphoric acid groups is 1. The van der Waals surface area contributed by atoms with Gasteiger partial charge in [0, 0.05) is 0 Å². The molecule has 0 aliphatic rings. The monoisotopic (exact) mass is 278 g/mol. The van der Waals surface area contributed by atoms with E-state index in [2.05, 4.69) is 14.0 Å². The molecule has 1 aromatic carbocycles. The first kappa shape index (κ1) is 13.9. The van der Waals surface area contributed by atoms with Gasteiger partial charge in [-0.15, -0.1) is 0 Å². The Bertz CT molecular complexity index is 427. The van der Waals surface area contributed by atoms with Gasteiger partial charge in [-0.3, -0.25) is 0 Å². The van der Waals surface area contributed by atoms with Gasteiger partial charge in [-0.25, -0.2) is 4.57 Å². The molecule has 0 heterocycles. The zero-order chi connectivity index (χ0) is 13.1. The lowest BCUT2D eigenvalue weighted by atomic mass is 10.2. The van der Waals surface area contributed by atoms with Crippen molar-refractivity contribution in [1.82, 2.24) is 0 Å². The minimum Gasteiger partial charge on any atom is -0.400 e. The van der Waals surface area contributed by atoms with Crippen molar-refractivity contribution in [2.24, 2.45) is 0 Å². The third-order valence-corrected chi connectivity index (χ3v) is 2.33. The molecule has 0 saturated heterocycles. The molecule has 0 aliphatic heterocycles. The van der Waals surface area contributed by atoms with Gasteiger partial charge in [-0.2, -0.15) is 13.2 Å². The molecular formula is C7H4F5O4P. The molecule has 0 amide bonds. The second kappa shape index (κ2) is 4.99. The van der Waals surface area contributed by atoms with Gasteiger partial charge < -0.3 is 4.52 Å². The van der Waals surface area contributed by atoms with Gasteiger partial charge in [-0.05, 0) is 21.2 Å². The summed E-state index contributed by atoms with van der Waals surface area (Å²) in [7, 11) is -5.33. The van der Waals surface area contributed by atoms with Crippen LogP contribution in [0, 0.1) is 0 Å².